The number of nitrogens with one attached hydrogen (secondary N) is 2. The van der Waals surface area contributed by atoms with Gasteiger partial charge in [-0.15, -0.1) is 0 Å². The molecule has 220 valence electrons. The summed E-state index contributed by atoms with van der Waals surface area (Å²) in [6, 6.07) is 3.22. The van der Waals surface area contributed by atoms with E-state index < -0.39 is 17.2 Å². The largest absolute Gasteiger partial charge is 0.477 e. The summed E-state index contributed by atoms with van der Waals surface area (Å²) in [5.74, 6) is -0.972. The number of aromatic amines is 1. The standard InChI is InChI=1S/C31H31FN8O3/c1-34-9-18-21(32)7-23(35-2)26-24(18)25-27(40-11-14-4-5-22(33)19(14)13-40)17(10-36-29(25)38-26)15-6-16-28(41)20(31(42)43)12-39(3)30(16)37-8-15/h6-10,12,14,19,22,35H,4-5,11,13,33H2,1-3H3,(H,36,38)(H,42,43)/t14-,19+,22-/m1/s1. The van der Waals surface area contributed by atoms with Crippen molar-refractivity contribution in [3.05, 3.63) is 57.9 Å². The van der Waals surface area contributed by atoms with Crippen LogP contribution in [0.3, 0.4) is 0 Å². The van der Waals surface area contributed by atoms with E-state index in [0.717, 1.165) is 37.0 Å². The number of fused-ring (bicyclic) bond motifs is 5. The molecular formula is C31H31FN8O3. The number of aliphatic imine (C=N–C) groups is 1. The van der Waals surface area contributed by atoms with Crippen LogP contribution in [-0.2, 0) is 7.05 Å². The third-order valence-corrected chi connectivity index (χ3v) is 9.17. The first-order valence-corrected chi connectivity index (χ1v) is 14.2. The summed E-state index contributed by atoms with van der Waals surface area (Å²) in [5, 5.41) is 14.3. The highest BCUT2D eigenvalue weighted by Crippen LogP contribution is 2.47. The minimum absolute atomic E-state index is 0.106. The predicted molar refractivity (Wildman–Crippen MR) is 166 cm³/mol. The summed E-state index contributed by atoms with van der Waals surface area (Å²) in [7, 11) is 5.00. The number of aryl methyl sites for hydroxylation is 1. The van der Waals surface area contributed by atoms with E-state index in [1.165, 1.54) is 23.0 Å². The van der Waals surface area contributed by atoms with Crippen LogP contribution < -0.4 is 21.4 Å². The number of hydrogen-bond donors (Lipinski definition) is 4. The molecule has 2 aliphatic rings. The number of nitrogens with zero attached hydrogens (tertiary/aromatic N) is 5. The molecule has 0 radical (unpaired) electrons. The molecule has 1 saturated carbocycles. The zero-order valence-electron chi connectivity index (χ0n) is 24.0. The fourth-order valence-electron chi connectivity index (χ4n) is 7.15. The minimum atomic E-state index is -1.30. The van der Waals surface area contributed by atoms with Crippen molar-refractivity contribution in [3.63, 3.8) is 0 Å². The maximum absolute atomic E-state index is 15.6. The molecule has 1 aliphatic heterocycles. The topological polar surface area (TPSA) is 155 Å². The lowest BCUT2D eigenvalue weighted by Crippen LogP contribution is -2.30. The first kappa shape index (κ1) is 27.0. The molecule has 5 aromatic rings. The molecule has 0 amide bonds. The Balaban J connectivity index is 1.57. The van der Waals surface area contributed by atoms with E-state index in [4.69, 9.17) is 10.7 Å². The second-order valence-electron chi connectivity index (χ2n) is 11.5. The number of carboxylic acid groups (broad SMARTS) is 1. The second-order valence-corrected chi connectivity index (χ2v) is 11.5. The number of anilines is 2. The number of carboxylic acids is 1. The molecule has 1 aromatic carbocycles. The highest BCUT2D eigenvalue weighted by atomic mass is 19.1. The van der Waals surface area contributed by atoms with Crippen LogP contribution in [0.15, 0.2) is 40.5 Å². The Bertz CT molecular complexity index is 2070. The highest BCUT2D eigenvalue weighted by Gasteiger charge is 2.42. The van der Waals surface area contributed by atoms with Crippen LogP contribution in [0.1, 0.15) is 28.8 Å². The van der Waals surface area contributed by atoms with Crippen LogP contribution in [0.2, 0.25) is 0 Å². The minimum Gasteiger partial charge on any atom is -0.477 e. The van der Waals surface area contributed by atoms with Gasteiger partial charge >= 0.3 is 5.97 Å². The molecule has 11 nitrogen and oxygen atoms in total. The molecule has 5 heterocycles. The molecule has 3 atom stereocenters. The van der Waals surface area contributed by atoms with E-state index in [1.54, 1.807) is 39.6 Å². The van der Waals surface area contributed by atoms with Gasteiger partial charge < -0.3 is 30.6 Å². The van der Waals surface area contributed by atoms with Crippen molar-refractivity contribution in [3.8, 4) is 11.1 Å². The van der Waals surface area contributed by atoms with Crippen LogP contribution in [0.5, 0.6) is 0 Å². The maximum atomic E-state index is 15.6. The number of aromatic carboxylic acids is 1. The second kappa shape index (κ2) is 9.87. The molecule has 1 aliphatic carbocycles. The van der Waals surface area contributed by atoms with Gasteiger partial charge in [-0.1, -0.05) is 0 Å². The number of halogens is 1. The molecule has 2 fully saturated rings. The zero-order chi connectivity index (χ0) is 30.2. The SMILES string of the molecule is CN=Cc1c(F)cc(NC)c2[nH]c3ncc(-c4cnc5c(c4)c(=O)c(C(=O)O)cn5C)c(N4C[C@H]5CC[C@@H](N)[C@H]5C4)c3c12. The number of carbonyl (C=O) groups is 1. The first-order valence-electron chi connectivity index (χ1n) is 14.2. The van der Waals surface area contributed by atoms with Gasteiger partial charge in [0.15, 0.2) is 0 Å². The number of pyridine rings is 3. The van der Waals surface area contributed by atoms with Gasteiger partial charge in [0, 0.05) is 87.2 Å². The third-order valence-electron chi connectivity index (χ3n) is 9.17. The molecule has 4 aromatic heterocycles. The number of nitrogens with two attached hydrogens (primary N) is 1. The first-order chi connectivity index (χ1) is 20.7. The number of benzene rings is 1. The van der Waals surface area contributed by atoms with Gasteiger partial charge in [-0.2, -0.15) is 0 Å². The Morgan fingerprint density at radius 2 is 2.05 bits per heavy atom. The summed E-state index contributed by atoms with van der Waals surface area (Å²) in [6.07, 6.45) is 8.23. The average molecular weight is 583 g/mol. The van der Waals surface area contributed by atoms with E-state index in [-0.39, 0.29) is 17.0 Å². The quantitative estimate of drug-likeness (QED) is 0.229. The average Bonchev–Trinajstić information content (AvgIpc) is 3.69. The molecule has 7 rings (SSSR count). The monoisotopic (exact) mass is 582 g/mol. The Kier molecular flexibility index (Phi) is 6.20. The molecule has 0 spiro atoms. The lowest BCUT2D eigenvalue weighted by atomic mass is 9.98. The van der Waals surface area contributed by atoms with Crippen LogP contribution >= 0.6 is 0 Å². The summed E-state index contributed by atoms with van der Waals surface area (Å²) in [6.45, 7) is 1.50. The van der Waals surface area contributed by atoms with Gasteiger partial charge in [0.1, 0.15) is 22.7 Å². The van der Waals surface area contributed by atoms with E-state index >= 15 is 4.39 Å². The Morgan fingerprint density at radius 1 is 1.23 bits per heavy atom. The Labute approximate surface area is 245 Å². The van der Waals surface area contributed by atoms with Crippen molar-refractivity contribution in [2.24, 2.45) is 29.6 Å². The predicted octanol–water partition coefficient (Wildman–Crippen LogP) is 3.73. The molecule has 0 unspecified atom stereocenters. The zero-order valence-corrected chi connectivity index (χ0v) is 24.0. The summed E-state index contributed by atoms with van der Waals surface area (Å²) >= 11 is 0. The van der Waals surface area contributed by atoms with Gasteiger partial charge in [-0.25, -0.2) is 19.2 Å². The van der Waals surface area contributed by atoms with Gasteiger partial charge in [-0.05, 0) is 36.8 Å². The highest BCUT2D eigenvalue weighted by molar-refractivity contribution is 6.22. The van der Waals surface area contributed by atoms with Crippen molar-refractivity contribution in [2.45, 2.75) is 18.9 Å². The molecule has 43 heavy (non-hydrogen) atoms. The Hall–Kier alpha value is -4.84. The molecule has 0 bridgehead atoms. The van der Waals surface area contributed by atoms with Crippen LogP contribution in [0, 0.1) is 17.7 Å². The van der Waals surface area contributed by atoms with Crippen molar-refractivity contribution in [1.29, 1.82) is 0 Å². The van der Waals surface area contributed by atoms with E-state index in [0.29, 0.717) is 56.4 Å². The number of hydrogen-bond acceptors (Lipinski definition) is 8. The van der Waals surface area contributed by atoms with Crippen LogP contribution in [-0.4, -0.2) is 70.0 Å². The van der Waals surface area contributed by atoms with Gasteiger partial charge in [0.25, 0.3) is 0 Å². The fourth-order valence-corrected chi connectivity index (χ4v) is 7.15. The van der Waals surface area contributed by atoms with E-state index in [9.17, 15) is 14.7 Å². The van der Waals surface area contributed by atoms with Crippen LogP contribution in [0.4, 0.5) is 15.8 Å². The van der Waals surface area contributed by atoms with Gasteiger partial charge in [0.2, 0.25) is 5.43 Å². The third kappa shape index (κ3) is 4.00. The number of aromatic nitrogens is 4. The van der Waals surface area contributed by atoms with Gasteiger partial charge in [-0.3, -0.25) is 9.79 Å². The van der Waals surface area contributed by atoms with Crippen LogP contribution in [0.25, 0.3) is 44.1 Å². The lowest BCUT2D eigenvalue weighted by molar-refractivity contribution is 0.0695. The van der Waals surface area contributed by atoms with Crippen molar-refractivity contribution in [2.75, 3.05) is 37.4 Å². The smallest absolute Gasteiger partial charge is 0.341 e. The van der Waals surface area contributed by atoms with Crippen molar-refractivity contribution < 1.29 is 14.3 Å². The fraction of sp³-hybridized carbons (Fsp3) is 0.323. The molecular weight excluding hydrogens is 551 g/mol. The normalized spacial score (nSPS) is 20.2. The summed E-state index contributed by atoms with van der Waals surface area (Å²) in [4.78, 5) is 44.3. The van der Waals surface area contributed by atoms with E-state index in [1.807, 2.05) is 0 Å². The Morgan fingerprint density at radius 3 is 2.77 bits per heavy atom. The van der Waals surface area contributed by atoms with Gasteiger partial charge in [0.05, 0.1) is 27.7 Å². The number of H-pyrrole nitrogens is 1. The number of rotatable bonds is 5. The maximum Gasteiger partial charge on any atom is 0.341 e. The summed E-state index contributed by atoms with van der Waals surface area (Å²) in [5.41, 5.74) is 10.3. The molecule has 12 heteroatoms. The lowest BCUT2D eigenvalue weighted by Gasteiger charge is -2.25. The van der Waals surface area contributed by atoms with Crippen molar-refractivity contribution in [1.82, 2.24) is 19.5 Å². The van der Waals surface area contributed by atoms with E-state index in [2.05, 4.69) is 25.2 Å². The van der Waals surface area contributed by atoms with Crippen molar-refractivity contribution >= 4 is 56.5 Å². The molecule has 1 saturated heterocycles. The summed E-state index contributed by atoms with van der Waals surface area (Å²) < 4.78 is 17.1. The molecule has 5 N–H and O–H groups in total.